The number of halogens is 1. The maximum atomic E-state index is 13.6. The Hall–Kier alpha value is -1.45. The summed E-state index contributed by atoms with van der Waals surface area (Å²) in [6.45, 7) is 2.27. The average Bonchev–Trinajstić information content (AvgIpc) is 2.38. The summed E-state index contributed by atoms with van der Waals surface area (Å²) in [5.74, 6) is -0.319. The molecule has 0 saturated heterocycles. The molecule has 0 aliphatic carbocycles. The van der Waals surface area contributed by atoms with Gasteiger partial charge in [-0.2, -0.15) is 0 Å². The van der Waals surface area contributed by atoms with Crippen molar-refractivity contribution in [2.45, 2.75) is 13.0 Å². The van der Waals surface area contributed by atoms with Crippen molar-refractivity contribution in [3.05, 3.63) is 47.8 Å². The summed E-state index contributed by atoms with van der Waals surface area (Å²) in [5.41, 5.74) is 6.29. The Morgan fingerprint density at radius 2 is 1.82 bits per heavy atom. The van der Waals surface area contributed by atoms with Crippen molar-refractivity contribution < 1.29 is 9.50 Å². The van der Waals surface area contributed by atoms with Crippen LogP contribution in [0, 0.1) is 11.7 Å². The van der Waals surface area contributed by atoms with Gasteiger partial charge >= 0.3 is 0 Å². The first-order valence-electron chi connectivity index (χ1n) is 5.70. The van der Waals surface area contributed by atoms with Gasteiger partial charge in [-0.25, -0.2) is 4.39 Å². The molecular weight excluding hydrogens is 217 g/mol. The van der Waals surface area contributed by atoms with Crippen LogP contribution in [-0.4, -0.2) is 11.7 Å². The van der Waals surface area contributed by atoms with Crippen LogP contribution in [0.3, 0.4) is 0 Å². The predicted molar refractivity (Wildman–Crippen MR) is 67.1 cm³/mol. The molecule has 2 rings (SSSR count). The summed E-state index contributed by atoms with van der Waals surface area (Å²) < 4.78 is 13.6. The van der Waals surface area contributed by atoms with E-state index in [1.165, 1.54) is 6.07 Å². The van der Waals surface area contributed by atoms with Crippen molar-refractivity contribution in [1.82, 2.24) is 0 Å². The third kappa shape index (κ3) is 2.16. The number of nitrogens with two attached hydrogens (primary N) is 1. The van der Waals surface area contributed by atoms with Crippen LogP contribution in [0.25, 0.3) is 10.8 Å². The van der Waals surface area contributed by atoms with E-state index in [4.69, 9.17) is 5.73 Å². The van der Waals surface area contributed by atoms with Gasteiger partial charge in [-0.1, -0.05) is 37.3 Å². The van der Waals surface area contributed by atoms with Gasteiger partial charge in [-0.05, 0) is 29.5 Å². The van der Waals surface area contributed by atoms with Gasteiger partial charge in [0, 0.05) is 5.39 Å². The van der Waals surface area contributed by atoms with E-state index < -0.39 is 6.10 Å². The molecule has 2 aromatic rings. The monoisotopic (exact) mass is 233 g/mol. The van der Waals surface area contributed by atoms with E-state index in [-0.39, 0.29) is 11.7 Å². The second-order valence-corrected chi connectivity index (χ2v) is 4.34. The molecule has 90 valence electrons. The molecule has 2 unspecified atom stereocenters. The molecule has 0 spiro atoms. The Labute approximate surface area is 99.9 Å². The van der Waals surface area contributed by atoms with Gasteiger partial charge in [-0.3, -0.25) is 0 Å². The van der Waals surface area contributed by atoms with Gasteiger partial charge in [0.1, 0.15) is 5.82 Å². The van der Waals surface area contributed by atoms with Gasteiger partial charge in [-0.15, -0.1) is 0 Å². The minimum absolute atomic E-state index is 0.0520. The zero-order valence-corrected chi connectivity index (χ0v) is 9.73. The quantitative estimate of drug-likeness (QED) is 0.856. The summed E-state index contributed by atoms with van der Waals surface area (Å²) in [4.78, 5) is 0. The normalized spacial score (nSPS) is 14.8. The molecule has 0 heterocycles. The fourth-order valence-electron chi connectivity index (χ4n) is 1.98. The zero-order chi connectivity index (χ0) is 12.4. The van der Waals surface area contributed by atoms with E-state index in [0.29, 0.717) is 11.9 Å². The van der Waals surface area contributed by atoms with E-state index in [1.54, 1.807) is 18.2 Å². The van der Waals surface area contributed by atoms with Crippen molar-refractivity contribution in [3.63, 3.8) is 0 Å². The van der Waals surface area contributed by atoms with Crippen molar-refractivity contribution in [3.8, 4) is 0 Å². The fraction of sp³-hybridized carbons (Fsp3) is 0.286. The molecule has 0 bridgehead atoms. The van der Waals surface area contributed by atoms with Gasteiger partial charge in [0.05, 0.1) is 6.10 Å². The van der Waals surface area contributed by atoms with Crippen molar-refractivity contribution >= 4 is 10.8 Å². The maximum Gasteiger partial charge on any atom is 0.131 e. The molecule has 0 radical (unpaired) electrons. The fourth-order valence-corrected chi connectivity index (χ4v) is 1.98. The van der Waals surface area contributed by atoms with E-state index in [2.05, 4.69) is 0 Å². The van der Waals surface area contributed by atoms with Gasteiger partial charge in [0.2, 0.25) is 0 Å². The molecule has 0 amide bonds. The van der Waals surface area contributed by atoms with E-state index in [9.17, 15) is 9.50 Å². The number of aliphatic hydroxyl groups excluding tert-OH is 1. The highest BCUT2D eigenvalue weighted by Crippen LogP contribution is 2.29. The predicted octanol–water partition coefficient (Wildman–Crippen LogP) is 2.61. The van der Waals surface area contributed by atoms with Crippen LogP contribution in [-0.2, 0) is 0 Å². The minimum atomic E-state index is -0.662. The Bertz CT molecular complexity index is 527. The molecule has 0 aromatic heterocycles. The Morgan fingerprint density at radius 3 is 2.47 bits per heavy atom. The molecule has 0 aliphatic rings. The summed E-state index contributed by atoms with van der Waals surface area (Å²) >= 11 is 0. The highest BCUT2D eigenvalue weighted by atomic mass is 19.1. The van der Waals surface area contributed by atoms with Gasteiger partial charge < -0.3 is 10.8 Å². The third-order valence-electron chi connectivity index (χ3n) is 3.13. The number of fused-ring (bicyclic) bond motifs is 1. The van der Waals surface area contributed by atoms with Crippen LogP contribution in [0.1, 0.15) is 18.6 Å². The lowest BCUT2D eigenvalue weighted by atomic mass is 9.93. The van der Waals surface area contributed by atoms with E-state index in [1.807, 2.05) is 19.1 Å². The van der Waals surface area contributed by atoms with Gasteiger partial charge in [0.15, 0.2) is 0 Å². The molecule has 2 atom stereocenters. The first-order chi connectivity index (χ1) is 8.15. The van der Waals surface area contributed by atoms with Gasteiger partial charge in [0.25, 0.3) is 0 Å². The van der Waals surface area contributed by atoms with Crippen molar-refractivity contribution in [2.24, 2.45) is 11.7 Å². The van der Waals surface area contributed by atoms with Crippen LogP contribution < -0.4 is 5.73 Å². The average molecular weight is 233 g/mol. The molecule has 2 nitrogen and oxygen atoms in total. The molecule has 0 aliphatic heterocycles. The van der Waals surface area contributed by atoms with Crippen LogP contribution >= 0.6 is 0 Å². The van der Waals surface area contributed by atoms with E-state index in [0.717, 1.165) is 10.9 Å². The summed E-state index contributed by atoms with van der Waals surface area (Å²) in [6.07, 6.45) is -0.662. The highest BCUT2D eigenvalue weighted by molar-refractivity contribution is 5.86. The lowest BCUT2D eigenvalue weighted by Crippen LogP contribution is -2.19. The molecule has 3 N–H and O–H groups in total. The zero-order valence-electron chi connectivity index (χ0n) is 9.73. The maximum absolute atomic E-state index is 13.6. The number of aliphatic hydroxyl groups is 1. The Balaban J connectivity index is 2.59. The minimum Gasteiger partial charge on any atom is -0.388 e. The SMILES string of the molecule is CC(CN)C(O)c1ccc(F)c2ccccc12. The number of hydrogen-bond acceptors (Lipinski definition) is 2. The smallest absolute Gasteiger partial charge is 0.131 e. The second kappa shape index (κ2) is 4.82. The van der Waals surface area contributed by atoms with Crippen LogP contribution in [0.2, 0.25) is 0 Å². The molecule has 3 heteroatoms. The third-order valence-corrected chi connectivity index (χ3v) is 3.13. The molecule has 0 fully saturated rings. The highest BCUT2D eigenvalue weighted by Gasteiger charge is 2.18. The molecule has 0 saturated carbocycles. The lowest BCUT2D eigenvalue weighted by Gasteiger charge is -2.19. The number of rotatable bonds is 3. The standard InChI is InChI=1S/C14H16FNO/c1-9(8-16)14(17)12-6-7-13(15)11-5-3-2-4-10(11)12/h2-7,9,14,17H,8,16H2,1H3. The largest absolute Gasteiger partial charge is 0.388 e. The van der Waals surface area contributed by atoms with Crippen LogP contribution in [0.4, 0.5) is 4.39 Å². The summed E-state index contributed by atoms with van der Waals surface area (Å²) in [7, 11) is 0. The van der Waals surface area contributed by atoms with Crippen LogP contribution in [0.15, 0.2) is 36.4 Å². The summed E-state index contributed by atoms with van der Waals surface area (Å²) in [6, 6.07) is 10.2. The molecular formula is C14H16FNO. The Morgan fingerprint density at radius 1 is 1.18 bits per heavy atom. The lowest BCUT2D eigenvalue weighted by molar-refractivity contribution is 0.123. The first-order valence-corrected chi connectivity index (χ1v) is 5.70. The topological polar surface area (TPSA) is 46.2 Å². The van der Waals surface area contributed by atoms with Crippen molar-refractivity contribution in [2.75, 3.05) is 6.54 Å². The Kier molecular flexibility index (Phi) is 3.41. The first kappa shape index (κ1) is 12.0. The summed E-state index contributed by atoms with van der Waals surface area (Å²) in [5, 5.41) is 11.5. The number of benzene rings is 2. The van der Waals surface area contributed by atoms with Crippen molar-refractivity contribution in [1.29, 1.82) is 0 Å². The second-order valence-electron chi connectivity index (χ2n) is 4.34. The molecule has 2 aromatic carbocycles. The van der Waals surface area contributed by atoms with Crippen LogP contribution in [0.5, 0.6) is 0 Å². The molecule has 17 heavy (non-hydrogen) atoms. The number of hydrogen-bond donors (Lipinski definition) is 2. The van der Waals surface area contributed by atoms with E-state index >= 15 is 0 Å².